The van der Waals surface area contributed by atoms with Crippen LogP contribution in [0.25, 0.3) is 11.4 Å². The number of carbonyl (C=O) groups excluding carboxylic acids is 1. The number of aromatic nitrogens is 4. The van der Waals surface area contributed by atoms with Crippen molar-refractivity contribution in [1.82, 2.24) is 25.1 Å². The Bertz CT molecular complexity index is 1040. The maximum Gasteiger partial charge on any atom is 0.230 e. The van der Waals surface area contributed by atoms with E-state index in [1.807, 2.05) is 19.1 Å². The summed E-state index contributed by atoms with van der Waals surface area (Å²) < 4.78 is 15.4. The Balaban J connectivity index is 1.50. The van der Waals surface area contributed by atoms with E-state index in [0.29, 0.717) is 12.0 Å². The first-order chi connectivity index (χ1) is 15.5. The Morgan fingerprint density at radius 2 is 2.00 bits per heavy atom. The normalized spacial score (nSPS) is 19.5. The maximum absolute atomic E-state index is 13.2. The van der Waals surface area contributed by atoms with Gasteiger partial charge in [-0.3, -0.25) is 14.3 Å². The van der Waals surface area contributed by atoms with Crippen LogP contribution >= 0.6 is 11.8 Å². The molecule has 1 saturated carbocycles. The fourth-order valence-electron chi connectivity index (χ4n) is 4.29. The topological polar surface area (TPSA) is 72.7 Å². The number of pyridine rings is 1. The Kier molecular flexibility index (Phi) is 7.19. The molecule has 2 heterocycles. The Morgan fingerprint density at radius 1 is 1.22 bits per heavy atom. The van der Waals surface area contributed by atoms with Crippen molar-refractivity contribution < 1.29 is 9.18 Å². The van der Waals surface area contributed by atoms with Crippen molar-refractivity contribution in [1.29, 1.82) is 0 Å². The number of rotatable bonds is 7. The molecule has 4 rings (SSSR count). The maximum atomic E-state index is 13.2. The van der Waals surface area contributed by atoms with Crippen molar-refractivity contribution in [3.05, 3.63) is 60.2 Å². The van der Waals surface area contributed by atoms with Gasteiger partial charge in [-0.05, 0) is 55.5 Å². The molecule has 0 saturated heterocycles. The number of thioether (sulfide) groups is 1. The molecule has 8 heteroatoms. The number of hydrogen-bond acceptors (Lipinski definition) is 5. The minimum absolute atomic E-state index is 0.0963. The van der Waals surface area contributed by atoms with Gasteiger partial charge in [0.05, 0.1) is 11.8 Å². The predicted octanol–water partition coefficient (Wildman–Crippen LogP) is 5.20. The largest absolute Gasteiger partial charge is 0.349 e. The standard InChI is InChI=1S/C24H28FN5OS/c1-16-6-3-4-8-21(16)30-23(19-7-5-13-26-14-19)28-29-24(30)32-15-22(31)27-17(2)18-9-11-20(25)12-10-18/h5,7,9-14,16-17,21H,3-4,6,8,15H2,1-2H3,(H,27,31)/t16-,17+,21+/m0/s1. The SMILES string of the molecule is C[C@@H](NC(=O)CSc1nnc(-c2cccnc2)n1[C@@H]1CCCC[C@@H]1C)c1ccc(F)cc1. The first kappa shape index (κ1) is 22.5. The summed E-state index contributed by atoms with van der Waals surface area (Å²) in [6, 6.07) is 10.2. The molecule has 1 fully saturated rings. The zero-order chi connectivity index (χ0) is 22.5. The van der Waals surface area contributed by atoms with Crippen LogP contribution in [0.5, 0.6) is 0 Å². The van der Waals surface area contributed by atoms with Crippen molar-refractivity contribution in [2.45, 2.75) is 56.8 Å². The Morgan fingerprint density at radius 3 is 2.72 bits per heavy atom. The van der Waals surface area contributed by atoms with Gasteiger partial charge in [-0.25, -0.2) is 4.39 Å². The van der Waals surface area contributed by atoms with Gasteiger partial charge in [0.1, 0.15) is 5.82 Å². The Labute approximate surface area is 192 Å². The number of benzene rings is 1. The van der Waals surface area contributed by atoms with E-state index in [1.165, 1.54) is 43.2 Å². The van der Waals surface area contributed by atoms with Crippen LogP contribution < -0.4 is 5.32 Å². The van der Waals surface area contributed by atoms with Gasteiger partial charge < -0.3 is 5.32 Å². The summed E-state index contributed by atoms with van der Waals surface area (Å²) in [7, 11) is 0. The molecule has 0 unspecified atom stereocenters. The quantitative estimate of drug-likeness (QED) is 0.498. The molecular formula is C24H28FN5OS. The summed E-state index contributed by atoms with van der Waals surface area (Å²) in [5.41, 5.74) is 1.79. The van der Waals surface area contributed by atoms with E-state index < -0.39 is 0 Å². The molecule has 1 aliphatic rings. The molecule has 2 aromatic heterocycles. The first-order valence-corrected chi connectivity index (χ1v) is 12.0. The summed E-state index contributed by atoms with van der Waals surface area (Å²) in [5, 5.41) is 12.7. The molecular weight excluding hydrogens is 425 g/mol. The number of amides is 1. The number of carbonyl (C=O) groups is 1. The van der Waals surface area contributed by atoms with Gasteiger partial charge in [0, 0.05) is 24.0 Å². The molecule has 0 spiro atoms. The lowest BCUT2D eigenvalue weighted by molar-refractivity contribution is -0.119. The van der Waals surface area contributed by atoms with Crippen molar-refractivity contribution in [3.63, 3.8) is 0 Å². The average Bonchev–Trinajstić information content (AvgIpc) is 3.23. The zero-order valence-electron chi connectivity index (χ0n) is 18.4. The third-order valence-electron chi connectivity index (χ3n) is 6.06. The lowest BCUT2D eigenvalue weighted by Gasteiger charge is -2.31. The molecule has 1 amide bonds. The van der Waals surface area contributed by atoms with Crippen LogP contribution in [0, 0.1) is 11.7 Å². The molecule has 168 valence electrons. The molecule has 32 heavy (non-hydrogen) atoms. The van der Waals surface area contributed by atoms with Crippen LogP contribution in [0.1, 0.15) is 57.2 Å². The van der Waals surface area contributed by atoms with E-state index in [4.69, 9.17) is 0 Å². The van der Waals surface area contributed by atoms with E-state index in [-0.39, 0.29) is 23.5 Å². The second kappa shape index (κ2) is 10.3. The fourth-order valence-corrected chi connectivity index (χ4v) is 5.10. The van der Waals surface area contributed by atoms with Crippen LogP contribution in [-0.4, -0.2) is 31.4 Å². The lowest BCUT2D eigenvalue weighted by atomic mass is 9.85. The highest BCUT2D eigenvalue weighted by Gasteiger charge is 2.29. The second-order valence-corrected chi connectivity index (χ2v) is 9.32. The lowest BCUT2D eigenvalue weighted by Crippen LogP contribution is -2.28. The number of nitrogens with zero attached hydrogens (tertiary/aromatic N) is 4. The minimum Gasteiger partial charge on any atom is -0.349 e. The number of hydrogen-bond donors (Lipinski definition) is 1. The van der Waals surface area contributed by atoms with Gasteiger partial charge in [0.2, 0.25) is 5.91 Å². The smallest absolute Gasteiger partial charge is 0.230 e. The van der Waals surface area contributed by atoms with Gasteiger partial charge in [-0.2, -0.15) is 0 Å². The van der Waals surface area contributed by atoms with E-state index in [0.717, 1.165) is 28.5 Å². The molecule has 0 aliphatic heterocycles. The van der Waals surface area contributed by atoms with Crippen LogP contribution in [0.3, 0.4) is 0 Å². The molecule has 1 aromatic carbocycles. The van der Waals surface area contributed by atoms with Crippen LogP contribution in [0.15, 0.2) is 53.9 Å². The highest BCUT2D eigenvalue weighted by atomic mass is 32.2. The molecule has 3 atom stereocenters. The summed E-state index contributed by atoms with van der Waals surface area (Å²) in [5.74, 6) is 1.17. The fraction of sp³-hybridized carbons (Fsp3) is 0.417. The van der Waals surface area contributed by atoms with E-state index in [1.54, 1.807) is 24.5 Å². The van der Waals surface area contributed by atoms with Crippen molar-refractivity contribution in [2.75, 3.05) is 5.75 Å². The van der Waals surface area contributed by atoms with Gasteiger partial charge in [0.15, 0.2) is 11.0 Å². The van der Waals surface area contributed by atoms with E-state index >= 15 is 0 Å². The summed E-state index contributed by atoms with van der Waals surface area (Å²) >= 11 is 1.40. The van der Waals surface area contributed by atoms with Crippen LogP contribution in [0.4, 0.5) is 4.39 Å². The third-order valence-corrected chi connectivity index (χ3v) is 7.01. The highest BCUT2D eigenvalue weighted by molar-refractivity contribution is 7.99. The van der Waals surface area contributed by atoms with Gasteiger partial charge in [0.25, 0.3) is 0 Å². The van der Waals surface area contributed by atoms with E-state index in [9.17, 15) is 9.18 Å². The van der Waals surface area contributed by atoms with Crippen molar-refractivity contribution in [3.8, 4) is 11.4 Å². The molecule has 0 bridgehead atoms. The molecule has 0 radical (unpaired) electrons. The summed E-state index contributed by atoms with van der Waals surface area (Å²) in [6.07, 6.45) is 8.23. The highest BCUT2D eigenvalue weighted by Crippen LogP contribution is 2.38. The van der Waals surface area contributed by atoms with Gasteiger partial charge in [-0.15, -0.1) is 10.2 Å². The first-order valence-electron chi connectivity index (χ1n) is 11.1. The third kappa shape index (κ3) is 5.18. The van der Waals surface area contributed by atoms with Gasteiger partial charge >= 0.3 is 0 Å². The van der Waals surface area contributed by atoms with Crippen molar-refractivity contribution >= 4 is 17.7 Å². The van der Waals surface area contributed by atoms with Gasteiger partial charge in [-0.1, -0.05) is 43.7 Å². The molecule has 3 aromatic rings. The van der Waals surface area contributed by atoms with Crippen LogP contribution in [0.2, 0.25) is 0 Å². The zero-order valence-corrected chi connectivity index (χ0v) is 19.2. The van der Waals surface area contributed by atoms with Crippen molar-refractivity contribution in [2.24, 2.45) is 5.92 Å². The minimum atomic E-state index is -0.288. The number of nitrogens with one attached hydrogen (secondary N) is 1. The van der Waals surface area contributed by atoms with E-state index in [2.05, 4.69) is 32.0 Å². The molecule has 1 N–H and O–H groups in total. The predicted molar refractivity (Wildman–Crippen MR) is 124 cm³/mol. The second-order valence-electron chi connectivity index (χ2n) is 8.38. The molecule has 6 nitrogen and oxygen atoms in total. The number of halogens is 1. The molecule has 1 aliphatic carbocycles. The summed E-state index contributed by atoms with van der Waals surface area (Å²) in [6.45, 7) is 4.17. The summed E-state index contributed by atoms with van der Waals surface area (Å²) in [4.78, 5) is 16.9. The average molecular weight is 454 g/mol. The monoisotopic (exact) mass is 453 g/mol. The van der Waals surface area contributed by atoms with Crippen LogP contribution in [-0.2, 0) is 4.79 Å². The Hall–Kier alpha value is -2.74.